The molecule has 10 heteroatoms. The number of aliphatic hydroxyl groups is 2. The van der Waals surface area contributed by atoms with Crippen molar-refractivity contribution in [1.29, 1.82) is 5.26 Å². The van der Waals surface area contributed by atoms with Crippen LogP contribution in [0.15, 0.2) is 91.3 Å². The molecule has 0 aliphatic rings. The van der Waals surface area contributed by atoms with Gasteiger partial charge in [0.15, 0.2) is 0 Å². The molecule has 5 rings (SSSR count). The SMILES string of the molecule is Cc1c(COc2cc(OCc3cncc(C#N)c3)c(CNCCO)cc2Cl)cccc1-c1cccc(-c2ccc(CNCCO)cc2)c1CF. The molecule has 8 nitrogen and oxygen atoms in total. The number of nitriles is 1. The molecule has 0 unspecified atom stereocenters. The topological polar surface area (TPSA) is 120 Å². The molecule has 5 aromatic rings. The Bertz CT molecular complexity index is 1930. The van der Waals surface area contributed by atoms with Crippen molar-refractivity contribution < 1.29 is 24.1 Å². The first kappa shape index (κ1) is 36.5. The number of aromatic nitrogens is 1. The minimum Gasteiger partial charge on any atom is -0.488 e. The predicted octanol–water partition coefficient (Wildman–Crippen LogP) is 7.04. The molecule has 4 N–H and O–H groups in total. The minimum atomic E-state index is -0.625. The fourth-order valence-electron chi connectivity index (χ4n) is 5.70. The quantitative estimate of drug-likeness (QED) is 0.0766. The Kier molecular flexibility index (Phi) is 13.3. The highest BCUT2D eigenvalue weighted by atomic mass is 35.5. The Morgan fingerprint density at radius 1 is 0.780 bits per heavy atom. The highest BCUT2D eigenvalue weighted by molar-refractivity contribution is 6.32. The maximum absolute atomic E-state index is 14.8. The molecule has 258 valence electrons. The zero-order valence-electron chi connectivity index (χ0n) is 27.9. The molecule has 0 bridgehead atoms. The summed E-state index contributed by atoms with van der Waals surface area (Å²) in [4.78, 5) is 4.11. The molecule has 0 spiro atoms. The summed E-state index contributed by atoms with van der Waals surface area (Å²) in [5.74, 6) is 0.976. The number of ether oxygens (including phenoxy) is 2. The van der Waals surface area contributed by atoms with Gasteiger partial charge < -0.3 is 30.3 Å². The number of alkyl halides is 1. The van der Waals surface area contributed by atoms with E-state index in [-0.39, 0.29) is 26.4 Å². The molecule has 0 aliphatic carbocycles. The lowest BCUT2D eigenvalue weighted by molar-refractivity contribution is 0.282. The summed E-state index contributed by atoms with van der Waals surface area (Å²) in [6, 6.07) is 27.1. The van der Waals surface area contributed by atoms with E-state index in [0.717, 1.165) is 50.1 Å². The monoisotopic (exact) mass is 694 g/mol. The minimum absolute atomic E-state index is 0.00890. The van der Waals surface area contributed by atoms with Crippen molar-refractivity contribution in [2.45, 2.75) is 39.9 Å². The standard InChI is InChI=1S/C40H40ClFN4O4/c1-27-32(4-2-5-34(27)36-7-3-6-35(37(36)19-42)31-10-8-28(9-11-31)21-44-12-14-47)26-50-40-18-39(33(17-38(40)41)24-45-13-15-48)49-25-30-16-29(20-43)22-46-23-30/h2-11,16-18,22-23,44-45,47-48H,12-15,19,21,24-26H2,1H3. The van der Waals surface area contributed by atoms with Gasteiger partial charge in [-0.05, 0) is 63.6 Å². The van der Waals surface area contributed by atoms with Crippen LogP contribution in [0.2, 0.25) is 5.02 Å². The van der Waals surface area contributed by atoms with Gasteiger partial charge in [0.1, 0.15) is 37.5 Å². The van der Waals surface area contributed by atoms with Crippen LogP contribution in [0.25, 0.3) is 22.3 Å². The van der Waals surface area contributed by atoms with Gasteiger partial charge in [0.25, 0.3) is 0 Å². The van der Waals surface area contributed by atoms with Crippen LogP contribution in [0.4, 0.5) is 4.39 Å². The van der Waals surface area contributed by atoms with Gasteiger partial charge in [0.05, 0.1) is 23.8 Å². The molecule has 0 fully saturated rings. The molecular weight excluding hydrogens is 655 g/mol. The smallest absolute Gasteiger partial charge is 0.142 e. The van der Waals surface area contributed by atoms with Gasteiger partial charge >= 0.3 is 0 Å². The van der Waals surface area contributed by atoms with E-state index < -0.39 is 6.67 Å². The van der Waals surface area contributed by atoms with Gasteiger partial charge in [-0.25, -0.2) is 4.39 Å². The van der Waals surface area contributed by atoms with Crippen molar-refractivity contribution in [2.75, 3.05) is 26.3 Å². The van der Waals surface area contributed by atoms with Crippen LogP contribution in [-0.2, 0) is 33.0 Å². The fraction of sp³-hybridized carbons (Fsp3) is 0.250. The van der Waals surface area contributed by atoms with Crippen molar-refractivity contribution in [2.24, 2.45) is 0 Å². The number of pyridine rings is 1. The second-order valence-corrected chi connectivity index (χ2v) is 12.1. The van der Waals surface area contributed by atoms with Crippen LogP contribution >= 0.6 is 11.6 Å². The Labute approximate surface area is 297 Å². The lowest BCUT2D eigenvalue weighted by Crippen LogP contribution is -2.18. The Morgan fingerprint density at radius 2 is 1.48 bits per heavy atom. The normalized spacial score (nSPS) is 11.0. The summed E-state index contributed by atoms with van der Waals surface area (Å²) in [5, 5.41) is 34.2. The van der Waals surface area contributed by atoms with E-state index in [1.165, 1.54) is 6.20 Å². The lowest BCUT2D eigenvalue weighted by Gasteiger charge is -2.18. The van der Waals surface area contributed by atoms with E-state index in [1.54, 1.807) is 24.4 Å². The van der Waals surface area contributed by atoms with Crippen LogP contribution in [0.1, 0.15) is 38.9 Å². The third kappa shape index (κ3) is 9.24. The van der Waals surface area contributed by atoms with Crippen molar-refractivity contribution in [3.63, 3.8) is 0 Å². The fourth-order valence-corrected chi connectivity index (χ4v) is 5.95. The van der Waals surface area contributed by atoms with Crippen molar-refractivity contribution in [3.05, 3.63) is 135 Å². The van der Waals surface area contributed by atoms with Crippen LogP contribution in [0.5, 0.6) is 11.5 Å². The van der Waals surface area contributed by atoms with Crippen LogP contribution < -0.4 is 20.1 Å². The molecule has 0 aliphatic heterocycles. The van der Waals surface area contributed by atoms with Gasteiger partial charge in [0, 0.05) is 55.8 Å². The molecule has 0 saturated carbocycles. The average Bonchev–Trinajstić information content (AvgIpc) is 3.14. The summed E-state index contributed by atoms with van der Waals surface area (Å²) in [6.07, 6.45) is 3.14. The van der Waals surface area contributed by atoms with Crippen molar-refractivity contribution in [3.8, 4) is 39.8 Å². The van der Waals surface area contributed by atoms with Gasteiger partial charge in [-0.3, -0.25) is 4.98 Å². The molecule has 1 aromatic heterocycles. The van der Waals surface area contributed by atoms with E-state index in [1.807, 2.05) is 67.6 Å². The zero-order valence-corrected chi connectivity index (χ0v) is 28.6. The Hall–Kier alpha value is -4.82. The highest BCUT2D eigenvalue weighted by Crippen LogP contribution is 2.37. The van der Waals surface area contributed by atoms with Gasteiger partial charge in [-0.1, -0.05) is 72.3 Å². The number of rotatable bonds is 17. The molecular formula is C40H40ClFN4O4. The molecule has 0 atom stereocenters. The first-order valence-corrected chi connectivity index (χ1v) is 16.7. The van der Waals surface area contributed by atoms with E-state index in [9.17, 15) is 14.8 Å². The molecule has 0 amide bonds. The second kappa shape index (κ2) is 18.3. The Morgan fingerprint density at radius 3 is 2.22 bits per heavy atom. The van der Waals surface area contributed by atoms with Crippen molar-refractivity contribution >= 4 is 11.6 Å². The number of hydrogen-bond acceptors (Lipinski definition) is 8. The molecule has 1 heterocycles. The largest absolute Gasteiger partial charge is 0.488 e. The van der Waals surface area contributed by atoms with Crippen LogP contribution in [0.3, 0.4) is 0 Å². The first-order valence-electron chi connectivity index (χ1n) is 16.4. The summed E-state index contributed by atoms with van der Waals surface area (Å²) >= 11 is 6.70. The lowest BCUT2D eigenvalue weighted by atomic mass is 9.89. The maximum atomic E-state index is 14.8. The first-order chi connectivity index (χ1) is 24.4. The number of hydrogen-bond donors (Lipinski definition) is 4. The highest BCUT2D eigenvalue weighted by Gasteiger charge is 2.17. The van der Waals surface area contributed by atoms with Crippen molar-refractivity contribution in [1.82, 2.24) is 15.6 Å². The van der Waals surface area contributed by atoms with E-state index in [0.29, 0.717) is 53.8 Å². The number of nitrogens with one attached hydrogen (secondary N) is 2. The number of nitrogens with zero attached hydrogens (tertiary/aromatic N) is 2. The van der Waals surface area contributed by atoms with Gasteiger partial charge in [0.2, 0.25) is 0 Å². The third-order valence-electron chi connectivity index (χ3n) is 8.35. The average molecular weight is 695 g/mol. The summed E-state index contributed by atoms with van der Waals surface area (Å²) in [6.45, 7) is 3.83. The predicted molar refractivity (Wildman–Crippen MR) is 194 cm³/mol. The van der Waals surface area contributed by atoms with E-state index >= 15 is 0 Å². The van der Waals surface area contributed by atoms with E-state index in [2.05, 4.69) is 21.7 Å². The van der Waals surface area contributed by atoms with Crippen LogP contribution in [-0.4, -0.2) is 41.5 Å². The number of halogens is 2. The number of aliphatic hydroxyl groups excluding tert-OH is 2. The summed E-state index contributed by atoms with van der Waals surface area (Å²) in [7, 11) is 0. The molecule has 0 radical (unpaired) electrons. The molecule has 50 heavy (non-hydrogen) atoms. The number of benzene rings is 4. The zero-order chi connectivity index (χ0) is 35.3. The second-order valence-electron chi connectivity index (χ2n) is 11.7. The van der Waals surface area contributed by atoms with E-state index in [4.69, 9.17) is 26.2 Å². The Balaban J connectivity index is 1.38. The summed E-state index contributed by atoms with van der Waals surface area (Å²) < 4.78 is 27.3. The maximum Gasteiger partial charge on any atom is 0.142 e. The van der Waals surface area contributed by atoms with Gasteiger partial charge in [-0.15, -0.1) is 0 Å². The summed E-state index contributed by atoms with van der Waals surface area (Å²) in [5.41, 5.74) is 9.05. The van der Waals surface area contributed by atoms with Crippen LogP contribution in [0, 0.1) is 18.3 Å². The third-order valence-corrected chi connectivity index (χ3v) is 8.64. The molecule has 0 saturated heterocycles. The van der Waals surface area contributed by atoms with Gasteiger partial charge in [-0.2, -0.15) is 5.26 Å². The molecule has 4 aromatic carbocycles.